The molecule has 9 heteroatoms. The number of thiazole rings is 1. The van der Waals surface area contributed by atoms with Gasteiger partial charge in [-0.25, -0.2) is 9.97 Å². The molecule has 0 atom stereocenters. The number of anilines is 2. The third kappa shape index (κ3) is 4.80. The number of amides is 1. The fraction of sp³-hybridized carbons (Fsp3) is 0.286. The van der Waals surface area contributed by atoms with Gasteiger partial charge in [-0.3, -0.25) is 4.79 Å². The Balaban J connectivity index is 1.40. The summed E-state index contributed by atoms with van der Waals surface area (Å²) in [6, 6.07) is 7.76. The Bertz CT molecular complexity index is 1070. The molecule has 2 aromatic heterocycles. The van der Waals surface area contributed by atoms with Crippen LogP contribution >= 0.6 is 27.3 Å². The minimum absolute atomic E-state index is 0.203. The molecule has 1 amide bonds. The summed E-state index contributed by atoms with van der Waals surface area (Å²) < 4.78 is 6.54. The highest BCUT2D eigenvalue weighted by Crippen LogP contribution is 2.37. The number of pyridine rings is 1. The molecular formula is C21H22BrN5O2S. The number of carbonyl (C=O) groups is 1. The van der Waals surface area contributed by atoms with Crippen LogP contribution in [-0.2, 0) is 19.5 Å². The van der Waals surface area contributed by atoms with Gasteiger partial charge < -0.3 is 20.3 Å². The number of ether oxygens (including phenoxy) is 1. The second kappa shape index (κ2) is 9.11. The molecule has 0 fully saturated rings. The van der Waals surface area contributed by atoms with Crippen molar-refractivity contribution in [2.24, 2.45) is 0 Å². The second-order valence-corrected chi connectivity index (χ2v) is 9.03. The van der Waals surface area contributed by atoms with Crippen molar-refractivity contribution < 1.29 is 9.53 Å². The number of carbonyl (C=O) groups excluding carboxylic acids is 1. The highest BCUT2D eigenvalue weighted by molar-refractivity contribution is 9.10. The van der Waals surface area contributed by atoms with Crippen molar-refractivity contribution in [1.82, 2.24) is 14.9 Å². The molecule has 3 heterocycles. The van der Waals surface area contributed by atoms with Crippen LogP contribution in [0.15, 0.2) is 40.3 Å². The summed E-state index contributed by atoms with van der Waals surface area (Å²) in [6.07, 6.45) is 2.59. The Morgan fingerprint density at radius 1 is 1.37 bits per heavy atom. The largest absolute Gasteiger partial charge is 0.492 e. The van der Waals surface area contributed by atoms with Gasteiger partial charge in [0, 0.05) is 42.3 Å². The molecule has 0 aliphatic carbocycles. The van der Waals surface area contributed by atoms with Crippen LogP contribution in [0.3, 0.4) is 0 Å². The third-order valence-electron chi connectivity index (χ3n) is 4.56. The van der Waals surface area contributed by atoms with Gasteiger partial charge in [-0.15, -0.1) is 11.3 Å². The van der Waals surface area contributed by atoms with E-state index in [0.717, 1.165) is 50.8 Å². The van der Waals surface area contributed by atoms with Crippen molar-refractivity contribution in [2.45, 2.75) is 19.5 Å². The molecule has 0 bridgehead atoms. The molecule has 1 aliphatic rings. The lowest BCUT2D eigenvalue weighted by Gasteiger charge is -2.11. The summed E-state index contributed by atoms with van der Waals surface area (Å²) >= 11 is 4.97. The van der Waals surface area contributed by atoms with Crippen molar-refractivity contribution in [3.05, 3.63) is 62.1 Å². The predicted octanol–water partition coefficient (Wildman–Crippen LogP) is 4.16. The number of aromatic nitrogens is 2. The topological polar surface area (TPSA) is 79.4 Å². The van der Waals surface area contributed by atoms with Crippen LogP contribution in [0.25, 0.3) is 0 Å². The van der Waals surface area contributed by atoms with Gasteiger partial charge in [0.25, 0.3) is 5.91 Å². The fourth-order valence-corrected chi connectivity index (χ4v) is 4.55. The summed E-state index contributed by atoms with van der Waals surface area (Å²) in [7, 11) is 3.96. The number of fused-ring (bicyclic) bond motifs is 1. The van der Waals surface area contributed by atoms with Crippen LogP contribution in [0.1, 0.15) is 26.6 Å². The van der Waals surface area contributed by atoms with Gasteiger partial charge in [-0.2, -0.15) is 0 Å². The normalized spacial score (nSPS) is 12.5. The quantitative estimate of drug-likeness (QED) is 0.520. The van der Waals surface area contributed by atoms with Gasteiger partial charge >= 0.3 is 0 Å². The Kier molecular flexibility index (Phi) is 6.31. The standard InChI is InChI=1S/C21H22BrN5O2S/c1-27(2)11-18-26-17(12-30-18)21(28)25-14-5-3-4-13(8-14)9-23-20-15-6-7-29-19(15)16(22)10-24-20/h3-5,8,10,12H,6-7,9,11H2,1-2H3,(H,23,24)(H,25,28). The smallest absolute Gasteiger partial charge is 0.275 e. The van der Waals surface area contributed by atoms with Crippen LogP contribution in [0, 0.1) is 0 Å². The molecular weight excluding hydrogens is 466 g/mol. The van der Waals surface area contributed by atoms with Crippen molar-refractivity contribution in [2.75, 3.05) is 31.3 Å². The molecule has 0 radical (unpaired) electrons. The number of rotatable bonds is 7. The summed E-state index contributed by atoms with van der Waals surface area (Å²) in [4.78, 5) is 23.5. The van der Waals surface area contributed by atoms with Gasteiger partial charge in [-0.1, -0.05) is 12.1 Å². The van der Waals surface area contributed by atoms with Crippen LogP contribution in [0.2, 0.25) is 0 Å². The zero-order chi connectivity index (χ0) is 21.1. The number of hydrogen-bond acceptors (Lipinski definition) is 7. The van der Waals surface area contributed by atoms with E-state index in [0.29, 0.717) is 18.8 Å². The maximum Gasteiger partial charge on any atom is 0.275 e. The fourth-order valence-electron chi connectivity index (χ4n) is 3.20. The molecule has 3 aromatic rings. The van der Waals surface area contributed by atoms with Crippen molar-refractivity contribution in [3.63, 3.8) is 0 Å². The first kappa shape index (κ1) is 20.8. The zero-order valence-corrected chi connectivity index (χ0v) is 19.1. The van der Waals surface area contributed by atoms with Crippen LogP contribution in [0.4, 0.5) is 11.5 Å². The molecule has 0 spiro atoms. The SMILES string of the molecule is CN(C)Cc1nc(C(=O)Nc2cccc(CNc3ncc(Br)c4c3CCO4)c2)cs1. The number of hydrogen-bond donors (Lipinski definition) is 2. The Labute approximate surface area is 187 Å². The van der Waals surface area contributed by atoms with Gasteiger partial charge in [-0.05, 0) is 47.7 Å². The second-order valence-electron chi connectivity index (χ2n) is 7.23. The molecule has 7 nitrogen and oxygen atoms in total. The van der Waals surface area contributed by atoms with Crippen molar-refractivity contribution >= 4 is 44.7 Å². The van der Waals surface area contributed by atoms with Crippen molar-refractivity contribution in [3.8, 4) is 5.75 Å². The first-order valence-corrected chi connectivity index (χ1v) is 11.2. The van der Waals surface area contributed by atoms with Crippen LogP contribution < -0.4 is 15.4 Å². The summed E-state index contributed by atoms with van der Waals surface area (Å²) in [6.45, 7) is 1.98. The van der Waals surface area contributed by atoms with Gasteiger partial charge in [0.05, 0.1) is 11.1 Å². The number of nitrogens with one attached hydrogen (secondary N) is 2. The zero-order valence-electron chi connectivity index (χ0n) is 16.7. The minimum Gasteiger partial charge on any atom is -0.492 e. The Hall–Kier alpha value is -2.49. The van der Waals surface area contributed by atoms with Crippen LogP contribution in [-0.4, -0.2) is 41.5 Å². The Morgan fingerprint density at radius 2 is 2.23 bits per heavy atom. The van der Waals surface area contributed by atoms with Crippen LogP contribution in [0.5, 0.6) is 5.75 Å². The van der Waals surface area contributed by atoms with Gasteiger partial charge in [0.2, 0.25) is 0 Å². The van der Waals surface area contributed by atoms with E-state index in [1.54, 1.807) is 11.6 Å². The lowest BCUT2D eigenvalue weighted by atomic mass is 10.1. The summed E-state index contributed by atoms with van der Waals surface area (Å²) in [5, 5.41) is 9.03. The first-order chi connectivity index (χ1) is 14.5. The molecule has 1 aromatic carbocycles. The number of benzene rings is 1. The van der Waals surface area contributed by atoms with E-state index in [9.17, 15) is 4.79 Å². The van der Waals surface area contributed by atoms with E-state index in [4.69, 9.17) is 4.74 Å². The number of halogens is 1. The molecule has 156 valence electrons. The van der Waals surface area contributed by atoms with E-state index in [2.05, 4.69) is 36.5 Å². The minimum atomic E-state index is -0.203. The van der Waals surface area contributed by atoms with E-state index in [-0.39, 0.29) is 5.91 Å². The Morgan fingerprint density at radius 3 is 3.07 bits per heavy atom. The van der Waals surface area contributed by atoms with E-state index >= 15 is 0 Å². The monoisotopic (exact) mass is 487 g/mol. The molecule has 2 N–H and O–H groups in total. The van der Waals surface area contributed by atoms with Gasteiger partial charge in [0.1, 0.15) is 22.3 Å². The molecule has 1 aliphatic heterocycles. The maximum absolute atomic E-state index is 12.5. The third-order valence-corrected chi connectivity index (χ3v) is 5.96. The van der Waals surface area contributed by atoms with Gasteiger partial charge in [0.15, 0.2) is 0 Å². The first-order valence-electron chi connectivity index (χ1n) is 9.53. The lowest BCUT2D eigenvalue weighted by molar-refractivity contribution is 0.102. The summed E-state index contributed by atoms with van der Waals surface area (Å²) in [5.74, 6) is 1.49. The van der Waals surface area contributed by atoms with Crippen molar-refractivity contribution in [1.29, 1.82) is 0 Å². The van der Waals surface area contributed by atoms with E-state index < -0.39 is 0 Å². The highest BCUT2D eigenvalue weighted by Gasteiger charge is 2.20. The summed E-state index contributed by atoms with van der Waals surface area (Å²) in [5.41, 5.74) is 3.30. The molecule has 0 saturated heterocycles. The molecule has 0 saturated carbocycles. The average molecular weight is 488 g/mol. The van der Waals surface area contributed by atoms with E-state index in [1.807, 2.05) is 43.3 Å². The molecule has 4 rings (SSSR count). The average Bonchev–Trinajstić information content (AvgIpc) is 3.38. The molecule has 0 unspecified atom stereocenters. The predicted molar refractivity (Wildman–Crippen MR) is 122 cm³/mol. The maximum atomic E-state index is 12.5. The van der Waals surface area contributed by atoms with E-state index in [1.165, 1.54) is 11.3 Å². The highest BCUT2D eigenvalue weighted by atomic mass is 79.9. The number of nitrogens with zero attached hydrogens (tertiary/aromatic N) is 3. The molecule has 30 heavy (non-hydrogen) atoms. The lowest BCUT2D eigenvalue weighted by Crippen LogP contribution is -2.14.